The fraction of sp³-hybridized carbons (Fsp3) is 0.471. The molecule has 4 rings (SSSR count). The van der Waals surface area contributed by atoms with Crippen LogP contribution in [0.1, 0.15) is 12.8 Å². The number of fused-ring (bicyclic) bond motifs is 2. The smallest absolute Gasteiger partial charge is 0.278 e. The predicted octanol–water partition coefficient (Wildman–Crippen LogP) is 2.42. The molecule has 0 bridgehead atoms. The first kappa shape index (κ1) is 15.3. The Morgan fingerprint density at radius 3 is 3.17 bits per heavy atom. The molecular formula is C17H20N4O3. The van der Waals surface area contributed by atoms with Gasteiger partial charge in [0.05, 0.1) is 23.0 Å². The van der Waals surface area contributed by atoms with Crippen molar-refractivity contribution in [1.82, 2.24) is 9.88 Å². The van der Waals surface area contributed by atoms with Crippen LogP contribution in [0.15, 0.2) is 30.6 Å². The van der Waals surface area contributed by atoms with E-state index in [2.05, 4.69) is 15.2 Å². The number of hydrogen-bond acceptors (Lipinski definition) is 6. The molecule has 1 aromatic carbocycles. The molecule has 2 aliphatic heterocycles. The molecule has 1 aromatic heterocycles. The number of nitrogens with zero attached hydrogens (tertiary/aromatic N) is 3. The number of ether oxygens (including phenoxy) is 1. The molecule has 0 saturated carbocycles. The summed E-state index contributed by atoms with van der Waals surface area (Å²) in [4.78, 5) is 17.3. The van der Waals surface area contributed by atoms with Crippen molar-refractivity contribution in [3.63, 3.8) is 0 Å². The van der Waals surface area contributed by atoms with Crippen molar-refractivity contribution in [3.8, 4) is 0 Å². The van der Waals surface area contributed by atoms with Crippen LogP contribution in [-0.4, -0.2) is 53.2 Å². The van der Waals surface area contributed by atoms with E-state index in [1.54, 1.807) is 18.5 Å². The number of benzene rings is 1. The summed E-state index contributed by atoms with van der Waals surface area (Å²) in [6.45, 7) is 3.61. The number of nitro groups is 1. The van der Waals surface area contributed by atoms with Gasteiger partial charge in [0, 0.05) is 48.7 Å². The minimum Gasteiger partial charge on any atom is -0.382 e. The van der Waals surface area contributed by atoms with Crippen LogP contribution in [0, 0.1) is 10.1 Å². The molecule has 2 aliphatic rings. The standard InChI is InChI=1S/C17H20N4O3/c22-21(23)17-4-3-16(14-5-6-18-9-15(14)17)19-8-13-10-20-7-1-2-12(20)11-24-13/h3-6,9,12-13,19H,1-2,7-8,10-11H2/t12-,13-/m0/s1. The highest BCUT2D eigenvalue weighted by Crippen LogP contribution is 2.31. The Kier molecular flexibility index (Phi) is 4.03. The number of nitro benzene ring substituents is 1. The van der Waals surface area contributed by atoms with E-state index in [9.17, 15) is 10.1 Å². The van der Waals surface area contributed by atoms with Gasteiger partial charge >= 0.3 is 0 Å². The Hall–Kier alpha value is -2.25. The zero-order valence-corrected chi connectivity index (χ0v) is 13.4. The van der Waals surface area contributed by atoms with E-state index in [4.69, 9.17) is 4.74 Å². The van der Waals surface area contributed by atoms with Crippen molar-refractivity contribution in [1.29, 1.82) is 0 Å². The molecule has 0 radical (unpaired) electrons. The van der Waals surface area contributed by atoms with Crippen molar-refractivity contribution < 1.29 is 9.66 Å². The lowest BCUT2D eigenvalue weighted by atomic mass is 10.1. The molecule has 2 fully saturated rings. The molecule has 126 valence electrons. The summed E-state index contributed by atoms with van der Waals surface area (Å²) in [5.74, 6) is 0. The van der Waals surface area contributed by atoms with Gasteiger partial charge in [0.15, 0.2) is 0 Å². The van der Waals surface area contributed by atoms with Gasteiger partial charge in [0.2, 0.25) is 0 Å². The van der Waals surface area contributed by atoms with Crippen LogP contribution in [-0.2, 0) is 4.74 Å². The number of nitrogens with one attached hydrogen (secondary N) is 1. The first-order valence-electron chi connectivity index (χ1n) is 8.33. The first-order valence-corrected chi connectivity index (χ1v) is 8.33. The number of non-ortho nitro benzene ring substituents is 1. The van der Waals surface area contributed by atoms with Crippen LogP contribution in [0.4, 0.5) is 11.4 Å². The van der Waals surface area contributed by atoms with Crippen molar-refractivity contribution in [2.45, 2.75) is 25.0 Å². The molecule has 2 aromatic rings. The number of morpholine rings is 1. The summed E-state index contributed by atoms with van der Waals surface area (Å²) in [5, 5.41) is 15.9. The maximum atomic E-state index is 11.2. The van der Waals surface area contributed by atoms with Gasteiger partial charge < -0.3 is 10.1 Å². The van der Waals surface area contributed by atoms with Crippen LogP contribution in [0.3, 0.4) is 0 Å². The molecule has 3 heterocycles. The van der Waals surface area contributed by atoms with E-state index in [0.717, 1.165) is 30.8 Å². The minimum atomic E-state index is -0.369. The highest BCUT2D eigenvalue weighted by Gasteiger charge is 2.32. The highest BCUT2D eigenvalue weighted by molar-refractivity contribution is 5.99. The van der Waals surface area contributed by atoms with Gasteiger partial charge in [-0.3, -0.25) is 20.0 Å². The van der Waals surface area contributed by atoms with Crippen LogP contribution >= 0.6 is 0 Å². The lowest BCUT2D eigenvalue weighted by Gasteiger charge is -2.35. The number of rotatable bonds is 4. The summed E-state index contributed by atoms with van der Waals surface area (Å²) < 4.78 is 5.96. The molecule has 24 heavy (non-hydrogen) atoms. The number of hydrogen-bond donors (Lipinski definition) is 1. The second kappa shape index (κ2) is 6.33. The molecule has 0 unspecified atom stereocenters. The van der Waals surface area contributed by atoms with Crippen LogP contribution in [0.2, 0.25) is 0 Å². The molecule has 2 atom stereocenters. The Labute approximate surface area is 139 Å². The largest absolute Gasteiger partial charge is 0.382 e. The van der Waals surface area contributed by atoms with Crippen molar-refractivity contribution >= 4 is 22.1 Å². The third-order valence-electron chi connectivity index (χ3n) is 4.97. The summed E-state index contributed by atoms with van der Waals surface area (Å²) in [5.41, 5.74) is 0.961. The van der Waals surface area contributed by atoms with E-state index >= 15 is 0 Å². The second-order valence-electron chi connectivity index (χ2n) is 6.44. The molecule has 0 spiro atoms. The summed E-state index contributed by atoms with van der Waals surface area (Å²) in [6, 6.07) is 5.70. The van der Waals surface area contributed by atoms with E-state index < -0.39 is 0 Å². The average molecular weight is 328 g/mol. The van der Waals surface area contributed by atoms with Crippen molar-refractivity contribution in [3.05, 3.63) is 40.7 Å². The lowest BCUT2D eigenvalue weighted by molar-refractivity contribution is -0.383. The minimum absolute atomic E-state index is 0.0810. The third kappa shape index (κ3) is 2.81. The quantitative estimate of drug-likeness (QED) is 0.686. The van der Waals surface area contributed by atoms with Gasteiger partial charge in [-0.15, -0.1) is 0 Å². The SMILES string of the molecule is O=[N+]([O-])c1ccc(NC[C@H]2CN3CCC[C@H]3CO2)c2ccncc12. The third-order valence-corrected chi connectivity index (χ3v) is 4.97. The Morgan fingerprint density at radius 1 is 1.38 bits per heavy atom. The molecule has 2 saturated heterocycles. The van der Waals surface area contributed by atoms with Gasteiger partial charge in [0.25, 0.3) is 5.69 Å². The van der Waals surface area contributed by atoms with E-state index in [-0.39, 0.29) is 16.7 Å². The highest BCUT2D eigenvalue weighted by atomic mass is 16.6. The Bertz CT molecular complexity index is 767. The van der Waals surface area contributed by atoms with Gasteiger partial charge in [0.1, 0.15) is 0 Å². The molecular weight excluding hydrogens is 308 g/mol. The Morgan fingerprint density at radius 2 is 2.29 bits per heavy atom. The first-order chi connectivity index (χ1) is 11.7. The molecule has 0 aliphatic carbocycles. The van der Waals surface area contributed by atoms with Gasteiger partial charge in [-0.25, -0.2) is 0 Å². The van der Waals surface area contributed by atoms with Gasteiger partial charge in [-0.1, -0.05) is 0 Å². The van der Waals surface area contributed by atoms with Gasteiger partial charge in [-0.2, -0.15) is 0 Å². The normalized spacial score (nSPS) is 24.0. The molecule has 7 nitrogen and oxygen atoms in total. The number of aromatic nitrogens is 1. The second-order valence-corrected chi connectivity index (χ2v) is 6.44. The summed E-state index contributed by atoms with van der Waals surface area (Å²) in [6.07, 6.45) is 5.84. The molecule has 7 heteroatoms. The van der Waals surface area contributed by atoms with E-state index in [0.29, 0.717) is 18.0 Å². The predicted molar refractivity (Wildman–Crippen MR) is 91.2 cm³/mol. The topological polar surface area (TPSA) is 80.5 Å². The zero-order chi connectivity index (χ0) is 16.5. The van der Waals surface area contributed by atoms with Crippen LogP contribution < -0.4 is 5.32 Å². The monoisotopic (exact) mass is 328 g/mol. The lowest BCUT2D eigenvalue weighted by Crippen LogP contribution is -2.48. The fourth-order valence-corrected chi connectivity index (χ4v) is 3.72. The number of pyridine rings is 1. The molecule has 1 N–H and O–H groups in total. The van der Waals surface area contributed by atoms with E-state index in [1.165, 1.54) is 18.9 Å². The zero-order valence-electron chi connectivity index (χ0n) is 13.4. The average Bonchev–Trinajstić information content (AvgIpc) is 3.07. The Balaban J connectivity index is 1.51. The van der Waals surface area contributed by atoms with Crippen LogP contribution in [0.25, 0.3) is 10.8 Å². The summed E-state index contributed by atoms with van der Waals surface area (Å²) in [7, 11) is 0. The maximum Gasteiger partial charge on any atom is 0.278 e. The van der Waals surface area contributed by atoms with E-state index in [1.807, 2.05) is 6.07 Å². The van der Waals surface area contributed by atoms with Gasteiger partial charge in [-0.05, 0) is 31.5 Å². The summed E-state index contributed by atoms with van der Waals surface area (Å²) >= 11 is 0. The van der Waals surface area contributed by atoms with Crippen LogP contribution in [0.5, 0.6) is 0 Å². The number of anilines is 1. The van der Waals surface area contributed by atoms with Crippen molar-refractivity contribution in [2.24, 2.45) is 0 Å². The fourth-order valence-electron chi connectivity index (χ4n) is 3.72. The maximum absolute atomic E-state index is 11.2. The molecule has 0 amide bonds. The van der Waals surface area contributed by atoms with Crippen molar-refractivity contribution in [2.75, 3.05) is 31.6 Å².